The van der Waals surface area contributed by atoms with Crippen LogP contribution in [0, 0.1) is 6.92 Å². The van der Waals surface area contributed by atoms with Gasteiger partial charge in [-0.15, -0.1) is 0 Å². The van der Waals surface area contributed by atoms with Crippen molar-refractivity contribution >= 4 is 23.3 Å². The summed E-state index contributed by atoms with van der Waals surface area (Å²) >= 11 is 1.86. The molecular formula is C10H20N4S. The van der Waals surface area contributed by atoms with Crippen molar-refractivity contribution in [2.75, 3.05) is 23.1 Å². The first kappa shape index (κ1) is 12.2. The minimum atomic E-state index is 0.426. The zero-order chi connectivity index (χ0) is 11.4. The lowest BCUT2D eigenvalue weighted by atomic mass is 10.2. The van der Waals surface area contributed by atoms with Crippen molar-refractivity contribution in [2.24, 2.45) is 7.05 Å². The second-order valence-corrected chi connectivity index (χ2v) is 4.78. The summed E-state index contributed by atoms with van der Waals surface area (Å²) in [7, 11) is 1.91. The molecule has 0 saturated carbocycles. The molecule has 15 heavy (non-hydrogen) atoms. The monoisotopic (exact) mass is 228 g/mol. The first-order chi connectivity index (χ1) is 7.06. The van der Waals surface area contributed by atoms with E-state index in [-0.39, 0.29) is 0 Å². The van der Waals surface area contributed by atoms with Crippen molar-refractivity contribution < 1.29 is 0 Å². The third kappa shape index (κ3) is 3.06. The fraction of sp³-hybridized carbons (Fsp3) is 0.700. The zero-order valence-electron chi connectivity index (χ0n) is 9.87. The summed E-state index contributed by atoms with van der Waals surface area (Å²) in [6, 6.07) is 0.426. The number of rotatable bonds is 5. The van der Waals surface area contributed by atoms with E-state index in [1.807, 2.05) is 25.7 Å². The summed E-state index contributed by atoms with van der Waals surface area (Å²) in [5, 5.41) is 7.66. The lowest BCUT2D eigenvalue weighted by molar-refractivity contribution is 0.717. The van der Waals surface area contributed by atoms with Gasteiger partial charge in [0, 0.05) is 13.1 Å². The van der Waals surface area contributed by atoms with Gasteiger partial charge in [-0.1, -0.05) is 0 Å². The Bertz CT molecular complexity index is 321. The van der Waals surface area contributed by atoms with Gasteiger partial charge >= 0.3 is 0 Å². The van der Waals surface area contributed by atoms with Gasteiger partial charge < -0.3 is 11.1 Å². The number of anilines is 2. The van der Waals surface area contributed by atoms with Crippen LogP contribution in [-0.4, -0.2) is 27.8 Å². The van der Waals surface area contributed by atoms with Crippen LogP contribution in [0.1, 0.15) is 19.0 Å². The van der Waals surface area contributed by atoms with Crippen molar-refractivity contribution in [1.29, 1.82) is 0 Å². The SMILES string of the molecule is CSCCC(C)Nc1c(N)c(C)nn1C. The molecule has 0 bridgehead atoms. The molecule has 1 atom stereocenters. The van der Waals surface area contributed by atoms with Crippen LogP contribution >= 0.6 is 11.8 Å². The van der Waals surface area contributed by atoms with Crippen molar-refractivity contribution in [2.45, 2.75) is 26.3 Å². The Balaban J connectivity index is 2.63. The Hall–Kier alpha value is -0.840. The summed E-state index contributed by atoms with van der Waals surface area (Å²) < 4.78 is 1.81. The molecule has 0 aliphatic heterocycles. The maximum atomic E-state index is 5.93. The summed E-state index contributed by atoms with van der Waals surface area (Å²) in [5.74, 6) is 2.09. The van der Waals surface area contributed by atoms with Gasteiger partial charge in [0.15, 0.2) is 0 Å². The highest BCUT2D eigenvalue weighted by molar-refractivity contribution is 7.98. The molecule has 86 valence electrons. The van der Waals surface area contributed by atoms with Gasteiger partial charge in [0.25, 0.3) is 0 Å². The molecule has 0 saturated heterocycles. The number of nitrogen functional groups attached to an aromatic ring is 1. The molecule has 4 nitrogen and oxygen atoms in total. The van der Waals surface area contributed by atoms with Crippen LogP contribution in [0.15, 0.2) is 0 Å². The van der Waals surface area contributed by atoms with E-state index in [0.29, 0.717) is 6.04 Å². The standard InChI is InChI=1S/C10H20N4S/c1-7(5-6-15-4)12-10-9(11)8(2)13-14(10)3/h7,12H,5-6,11H2,1-4H3. The molecule has 3 N–H and O–H groups in total. The van der Waals surface area contributed by atoms with E-state index in [1.54, 1.807) is 4.68 Å². The summed E-state index contributed by atoms with van der Waals surface area (Å²) in [6.07, 6.45) is 3.25. The second kappa shape index (κ2) is 5.30. The number of nitrogens with two attached hydrogens (primary N) is 1. The van der Waals surface area contributed by atoms with Crippen molar-refractivity contribution in [3.63, 3.8) is 0 Å². The lowest BCUT2D eigenvalue weighted by Gasteiger charge is -2.15. The highest BCUT2D eigenvalue weighted by Gasteiger charge is 2.11. The van der Waals surface area contributed by atoms with Crippen molar-refractivity contribution in [3.8, 4) is 0 Å². The first-order valence-corrected chi connectivity index (χ1v) is 6.50. The van der Waals surface area contributed by atoms with Gasteiger partial charge in [-0.2, -0.15) is 16.9 Å². The third-order valence-corrected chi connectivity index (χ3v) is 3.05. The van der Waals surface area contributed by atoms with Crippen LogP contribution in [0.5, 0.6) is 0 Å². The summed E-state index contributed by atoms with van der Waals surface area (Å²) in [5.41, 5.74) is 7.57. The lowest BCUT2D eigenvalue weighted by Crippen LogP contribution is -2.18. The first-order valence-electron chi connectivity index (χ1n) is 5.10. The predicted octanol–water partition coefficient (Wildman–Crippen LogP) is 1.86. The number of hydrogen-bond donors (Lipinski definition) is 2. The quantitative estimate of drug-likeness (QED) is 0.807. The molecular weight excluding hydrogens is 208 g/mol. The predicted molar refractivity (Wildman–Crippen MR) is 68.4 cm³/mol. The zero-order valence-corrected chi connectivity index (χ0v) is 10.7. The van der Waals surface area contributed by atoms with Crippen molar-refractivity contribution in [1.82, 2.24) is 9.78 Å². The maximum absolute atomic E-state index is 5.93. The largest absolute Gasteiger partial charge is 0.394 e. The van der Waals surface area contributed by atoms with E-state index in [1.165, 1.54) is 0 Å². The average molecular weight is 228 g/mol. The number of aromatic nitrogens is 2. The Morgan fingerprint density at radius 3 is 2.73 bits per heavy atom. The van der Waals surface area contributed by atoms with E-state index in [2.05, 4.69) is 23.6 Å². The molecule has 1 heterocycles. The molecule has 1 aromatic rings. The number of nitrogens with zero attached hydrogens (tertiary/aromatic N) is 2. The van der Waals surface area contributed by atoms with Crippen LogP contribution in [0.4, 0.5) is 11.5 Å². The Labute approximate surface area is 95.6 Å². The molecule has 1 aromatic heterocycles. The Kier molecular flexibility index (Phi) is 4.32. The van der Waals surface area contributed by atoms with Gasteiger partial charge in [-0.25, -0.2) is 0 Å². The minimum Gasteiger partial charge on any atom is -0.394 e. The van der Waals surface area contributed by atoms with E-state index < -0.39 is 0 Å². The minimum absolute atomic E-state index is 0.426. The van der Waals surface area contributed by atoms with Crippen LogP contribution in [0.3, 0.4) is 0 Å². The topological polar surface area (TPSA) is 55.9 Å². The third-order valence-electron chi connectivity index (χ3n) is 2.41. The molecule has 0 aliphatic rings. The van der Waals surface area contributed by atoms with Crippen LogP contribution in [-0.2, 0) is 7.05 Å². The summed E-state index contributed by atoms with van der Waals surface area (Å²) in [6.45, 7) is 4.09. The Morgan fingerprint density at radius 2 is 2.27 bits per heavy atom. The maximum Gasteiger partial charge on any atom is 0.147 e. The highest BCUT2D eigenvalue weighted by Crippen LogP contribution is 2.22. The summed E-state index contributed by atoms with van der Waals surface area (Å²) in [4.78, 5) is 0. The Morgan fingerprint density at radius 1 is 1.60 bits per heavy atom. The number of nitrogens with one attached hydrogen (secondary N) is 1. The molecule has 0 spiro atoms. The number of aryl methyl sites for hydroxylation is 2. The van der Waals surface area contributed by atoms with E-state index in [0.717, 1.165) is 29.4 Å². The average Bonchev–Trinajstić information content (AvgIpc) is 2.42. The van der Waals surface area contributed by atoms with Crippen LogP contribution in [0.2, 0.25) is 0 Å². The normalized spacial score (nSPS) is 12.8. The van der Waals surface area contributed by atoms with Crippen LogP contribution < -0.4 is 11.1 Å². The fourth-order valence-corrected chi connectivity index (χ4v) is 2.04. The second-order valence-electron chi connectivity index (χ2n) is 3.80. The molecule has 0 fully saturated rings. The number of hydrogen-bond acceptors (Lipinski definition) is 4. The van der Waals surface area contributed by atoms with Gasteiger partial charge in [0.05, 0.1) is 11.4 Å². The molecule has 5 heteroatoms. The van der Waals surface area contributed by atoms with Crippen molar-refractivity contribution in [3.05, 3.63) is 5.69 Å². The van der Waals surface area contributed by atoms with Gasteiger partial charge in [-0.05, 0) is 32.3 Å². The van der Waals surface area contributed by atoms with E-state index >= 15 is 0 Å². The van der Waals surface area contributed by atoms with E-state index in [4.69, 9.17) is 5.73 Å². The molecule has 0 radical (unpaired) electrons. The smallest absolute Gasteiger partial charge is 0.147 e. The van der Waals surface area contributed by atoms with E-state index in [9.17, 15) is 0 Å². The molecule has 0 amide bonds. The van der Waals surface area contributed by atoms with Gasteiger partial charge in [-0.3, -0.25) is 4.68 Å². The van der Waals surface area contributed by atoms with Gasteiger partial charge in [0.2, 0.25) is 0 Å². The van der Waals surface area contributed by atoms with Crippen LogP contribution in [0.25, 0.3) is 0 Å². The molecule has 1 rings (SSSR count). The molecule has 0 aliphatic carbocycles. The fourth-order valence-electron chi connectivity index (χ4n) is 1.45. The highest BCUT2D eigenvalue weighted by atomic mass is 32.2. The number of thioether (sulfide) groups is 1. The van der Waals surface area contributed by atoms with Gasteiger partial charge in [0.1, 0.15) is 5.82 Å². The molecule has 1 unspecified atom stereocenters. The molecule has 0 aromatic carbocycles.